The molecule has 0 amide bonds. The van der Waals surface area contributed by atoms with E-state index >= 15 is 0 Å². The zero-order valence-corrected chi connectivity index (χ0v) is 30.2. The van der Waals surface area contributed by atoms with Gasteiger partial charge in [0, 0.05) is 69.2 Å². The predicted octanol–water partition coefficient (Wildman–Crippen LogP) is 14.9. The van der Waals surface area contributed by atoms with Crippen LogP contribution in [0.3, 0.4) is 0 Å². The molecule has 0 bridgehead atoms. The average Bonchev–Trinajstić information content (AvgIpc) is 3.77. The van der Waals surface area contributed by atoms with Crippen molar-refractivity contribution in [2.75, 3.05) is 4.90 Å². The minimum Gasteiger partial charge on any atom is -0.310 e. The van der Waals surface area contributed by atoms with Crippen molar-refractivity contribution >= 4 is 102 Å². The van der Waals surface area contributed by atoms with Gasteiger partial charge in [0.1, 0.15) is 0 Å². The normalized spacial score (nSPS) is 11.8. The highest BCUT2D eigenvalue weighted by molar-refractivity contribution is 7.26. The molecule has 4 heteroatoms. The predicted molar refractivity (Wildman–Crippen MR) is 231 cm³/mol. The SMILES string of the molecule is c1ccc(-c2ccc(-c3ccc(N(c4ccc5cc6sc7ccccc7c6cc5c4)c4ccc5cc6sc7ccccc7c6cc5c4)cc3)cc2)nc1. The number of hydrogen-bond acceptors (Lipinski definition) is 4. The monoisotopic (exact) mass is 710 g/mol. The number of thiophene rings is 2. The molecule has 248 valence electrons. The highest BCUT2D eigenvalue weighted by Crippen LogP contribution is 2.42. The van der Waals surface area contributed by atoms with Gasteiger partial charge in [0.15, 0.2) is 0 Å². The van der Waals surface area contributed by atoms with Crippen LogP contribution in [0.1, 0.15) is 0 Å². The summed E-state index contributed by atoms with van der Waals surface area (Å²) in [4.78, 5) is 6.93. The molecule has 0 radical (unpaired) electrons. The van der Waals surface area contributed by atoms with Crippen LogP contribution in [0.5, 0.6) is 0 Å². The molecule has 0 aliphatic heterocycles. The van der Waals surface area contributed by atoms with Crippen LogP contribution in [0.4, 0.5) is 17.1 Å². The van der Waals surface area contributed by atoms with Crippen LogP contribution < -0.4 is 4.90 Å². The van der Waals surface area contributed by atoms with Gasteiger partial charge in [0.2, 0.25) is 0 Å². The summed E-state index contributed by atoms with van der Waals surface area (Å²) in [5.74, 6) is 0. The summed E-state index contributed by atoms with van der Waals surface area (Å²) in [5, 5.41) is 10.3. The number of rotatable bonds is 5. The van der Waals surface area contributed by atoms with Gasteiger partial charge in [-0.2, -0.15) is 0 Å². The third-order valence-electron chi connectivity index (χ3n) is 10.5. The number of pyridine rings is 1. The average molecular weight is 711 g/mol. The van der Waals surface area contributed by atoms with Crippen molar-refractivity contribution in [3.63, 3.8) is 0 Å². The Labute approximate surface area is 314 Å². The largest absolute Gasteiger partial charge is 0.310 e. The molecule has 53 heavy (non-hydrogen) atoms. The van der Waals surface area contributed by atoms with E-state index in [1.165, 1.54) is 73.0 Å². The van der Waals surface area contributed by atoms with E-state index < -0.39 is 0 Å². The van der Waals surface area contributed by atoms with Crippen molar-refractivity contribution < 1.29 is 0 Å². The van der Waals surface area contributed by atoms with Crippen molar-refractivity contribution in [3.05, 3.63) is 182 Å². The third-order valence-corrected chi connectivity index (χ3v) is 12.7. The number of aromatic nitrogens is 1. The molecule has 11 aromatic rings. The number of benzene rings is 8. The molecular formula is C49H30N2S2. The molecule has 3 heterocycles. The fraction of sp³-hybridized carbons (Fsp3) is 0. The first-order chi connectivity index (χ1) is 26.2. The maximum Gasteiger partial charge on any atom is 0.0701 e. The summed E-state index contributed by atoms with van der Waals surface area (Å²) in [6.07, 6.45) is 1.84. The number of nitrogens with zero attached hydrogens (tertiary/aromatic N) is 2. The van der Waals surface area contributed by atoms with Crippen LogP contribution >= 0.6 is 22.7 Å². The molecular weight excluding hydrogens is 681 g/mol. The molecule has 0 aliphatic carbocycles. The molecule has 0 fully saturated rings. The van der Waals surface area contributed by atoms with Crippen LogP contribution in [0, 0.1) is 0 Å². The van der Waals surface area contributed by atoms with E-state index in [9.17, 15) is 0 Å². The van der Waals surface area contributed by atoms with E-state index in [1.807, 2.05) is 47.1 Å². The molecule has 0 saturated carbocycles. The van der Waals surface area contributed by atoms with Gasteiger partial charge < -0.3 is 4.90 Å². The Kier molecular flexibility index (Phi) is 6.94. The highest BCUT2D eigenvalue weighted by atomic mass is 32.1. The highest BCUT2D eigenvalue weighted by Gasteiger charge is 2.16. The Balaban J connectivity index is 1.05. The molecule has 11 rings (SSSR count). The van der Waals surface area contributed by atoms with Gasteiger partial charge in [0.25, 0.3) is 0 Å². The van der Waals surface area contributed by atoms with Crippen molar-refractivity contribution in [2.45, 2.75) is 0 Å². The summed E-state index contributed by atoms with van der Waals surface area (Å²) in [6, 6.07) is 64.4. The molecule has 0 saturated heterocycles. The second-order valence-electron chi connectivity index (χ2n) is 13.6. The third kappa shape index (κ3) is 5.18. The summed E-state index contributed by atoms with van der Waals surface area (Å²) >= 11 is 3.74. The second-order valence-corrected chi connectivity index (χ2v) is 15.8. The fourth-order valence-corrected chi connectivity index (χ4v) is 10.1. The van der Waals surface area contributed by atoms with Crippen molar-refractivity contribution in [1.82, 2.24) is 4.98 Å². The topological polar surface area (TPSA) is 16.1 Å². The van der Waals surface area contributed by atoms with Gasteiger partial charge in [-0.05, 0) is 118 Å². The van der Waals surface area contributed by atoms with Gasteiger partial charge in [-0.15, -0.1) is 22.7 Å². The second kappa shape index (κ2) is 12.1. The minimum atomic E-state index is 0.983. The zero-order chi connectivity index (χ0) is 34.9. The van der Waals surface area contributed by atoms with E-state index in [1.54, 1.807) is 0 Å². The first-order valence-corrected chi connectivity index (χ1v) is 19.5. The summed E-state index contributed by atoms with van der Waals surface area (Å²) in [6.45, 7) is 0. The maximum atomic E-state index is 4.52. The van der Waals surface area contributed by atoms with Crippen LogP contribution in [-0.2, 0) is 0 Å². The van der Waals surface area contributed by atoms with Gasteiger partial charge in [-0.3, -0.25) is 4.98 Å². The number of anilines is 3. The van der Waals surface area contributed by atoms with Crippen LogP contribution in [-0.4, -0.2) is 4.98 Å². The Morgan fingerprint density at radius 1 is 0.340 bits per heavy atom. The van der Waals surface area contributed by atoms with Crippen LogP contribution in [0.2, 0.25) is 0 Å². The molecule has 0 spiro atoms. The van der Waals surface area contributed by atoms with Crippen molar-refractivity contribution in [2.24, 2.45) is 0 Å². The lowest BCUT2D eigenvalue weighted by molar-refractivity contribution is 1.29. The Morgan fingerprint density at radius 3 is 1.38 bits per heavy atom. The Morgan fingerprint density at radius 2 is 0.830 bits per heavy atom. The van der Waals surface area contributed by atoms with Gasteiger partial charge in [-0.25, -0.2) is 0 Å². The first-order valence-electron chi connectivity index (χ1n) is 17.8. The minimum absolute atomic E-state index is 0.983. The summed E-state index contributed by atoms with van der Waals surface area (Å²) in [5.41, 5.74) is 7.83. The van der Waals surface area contributed by atoms with Gasteiger partial charge in [0.05, 0.1) is 5.69 Å². The van der Waals surface area contributed by atoms with Crippen LogP contribution in [0.15, 0.2) is 182 Å². The van der Waals surface area contributed by atoms with E-state index in [0.29, 0.717) is 0 Å². The molecule has 3 aromatic heterocycles. The molecule has 0 atom stereocenters. The molecule has 0 aliphatic rings. The summed E-state index contributed by atoms with van der Waals surface area (Å²) in [7, 11) is 0. The van der Waals surface area contributed by atoms with Gasteiger partial charge in [-0.1, -0.05) is 91.0 Å². The number of fused-ring (bicyclic) bond motifs is 8. The van der Waals surface area contributed by atoms with Crippen molar-refractivity contribution in [1.29, 1.82) is 0 Å². The van der Waals surface area contributed by atoms with E-state index in [0.717, 1.165) is 28.3 Å². The quantitative estimate of drug-likeness (QED) is 0.177. The number of hydrogen-bond donors (Lipinski definition) is 0. The van der Waals surface area contributed by atoms with E-state index in [4.69, 9.17) is 0 Å². The van der Waals surface area contributed by atoms with Gasteiger partial charge >= 0.3 is 0 Å². The molecule has 2 nitrogen and oxygen atoms in total. The smallest absolute Gasteiger partial charge is 0.0701 e. The lowest BCUT2D eigenvalue weighted by atomic mass is 10.0. The first kappa shape index (κ1) is 30.3. The fourth-order valence-electron chi connectivity index (χ4n) is 7.81. The van der Waals surface area contributed by atoms with Crippen LogP contribution in [0.25, 0.3) is 84.3 Å². The Bertz CT molecular complexity index is 3000. The van der Waals surface area contributed by atoms with E-state index in [2.05, 4.69) is 168 Å². The van der Waals surface area contributed by atoms with E-state index in [-0.39, 0.29) is 0 Å². The molecule has 0 N–H and O–H groups in total. The standard InChI is InChI=1S/C49H30N2S2/c1-3-10-46-41(7-1)43-27-36-25-39(22-18-34(36)29-48(43)52-46)51(38-20-16-32(17-21-38)31-12-14-33(15-13-31)45-9-5-6-24-50-45)40-23-19-35-30-49-44(28-37(35)26-40)42-8-2-4-11-47(42)53-49/h1-30H. The lowest BCUT2D eigenvalue weighted by Crippen LogP contribution is -2.09. The lowest BCUT2D eigenvalue weighted by Gasteiger charge is -2.26. The zero-order valence-electron chi connectivity index (χ0n) is 28.5. The summed E-state index contributed by atoms with van der Waals surface area (Å²) < 4.78 is 5.31. The van der Waals surface area contributed by atoms with Crippen molar-refractivity contribution in [3.8, 4) is 22.4 Å². The maximum absolute atomic E-state index is 4.52. The Hall–Kier alpha value is -6.33. The molecule has 0 unspecified atom stereocenters. The molecule has 8 aromatic carbocycles.